The summed E-state index contributed by atoms with van der Waals surface area (Å²) in [7, 11) is 0. The summed E-state index contributed by atoms with van der Waals surface area (Å²) < 4.78 is 11.9. The first-order valence-electron chi connectivity index (χ1n) is 14.6. The fourth-order valence-corrected chi connectivity index (χ4v) is 6.25. The Morgan fingerprint density at radius 3 is 2.48 bits per heavy atom. The Kier molecular flexibility index (Phi) is 9.02. The van der Waals surface area contributed by atoms with Crippen molar-refractivity contribution in [2.45, 2.75) is 52.7 Å². The van der Waals surface area contributed by atoms with Crippen LogP contribution in [0.4, 0.5) is 4.79 Å². The zero-order valence-corrected chi connectivity index (χ0v) is 26.5. The number of carbonyl (C=O) groups excluding carboxylic acids is 2. The zero-order chi connectivity index (χ0) is 31.4. The highest BCUT2D eigenvalue weighted by Gasteiger charge is 2.36. The van der Waals surface area contributed by atoms with Gasteiger partial charge < -0.3 is 19.3 Å². The number of hydrogen-bond acceptors (Lipinski definition) is 7. The predicted octanol–water partition coefficient (Wildman–Crippen LogP) is 7.40. The number of hydrogen-bond donors (Lipinski definition) is 0. The molecule has 0 aliphatic carbocycles. The van der Waals surface area contributed by atoms with Gasteiger partial charge >= 0.3 is 6.09 Å². The molecule has 0 N–H and O–H groups in total. The number of nitrogens with zero attached hydrogens (tertiary/aromatic N) is 4. The van der Waals surface area contributed by atoms with Crippen LogP contribution in [0.25, 0.3) is 11.1 Å². The van der Waals surface area contributed by atoms with Crippen molar-refractivity contribution in [1.29, 1.82) is 5.26 Å². The van der Waals surface area contributed by atoms with E-state index in [-0.39, 0.29) is 23.9 Å². The highest BCUT2D eigenvalue weighted by atomic mass is 32.1. The fraction of sp³-hybridized carbons (Fsp3) is 0.314. The Hall–Kier alpha value is -4.68. The first-order valence-corrected chi connectivity index (χ1v) is 15.5. The number of rotatable bonds is 6. The summed E-state index contributed by atoms with van der Waals surface area (Å²) in [6, 6.07) is 23.2. The van der Waals surface area contributed by atoms with Crippen molar-refractivity contribution in [3.8, 4) is 28.8 Å². The highest BCUT2D eigenvalue weighted by Crippen LogP contribution is 2.39. The minimum Gasteiger partial charge on any atom is -0.444 e. The maximum Gasteiger partial charge on any atom is 0.410 e. The van der Waals surface area contributed by atoms with E-state index in [1.54, 1.807) is 4.90 Å². The van der Waals surface area contributed by atoms with E-state index in [2.05, 4.69) is 11.1 Å². The molecule has 4 aromatic rings. The summed E-state index contributed by atoms with van der Waals surface area (Å²) >= 11 is 1.38. The monoisotopic (exact) mass is 608 g/mol. The molecule has 1 fully saturated rings. The third-order valence-electron chi connectivity index (χ3n) is 7.38. The van der Waals surface area contributed by atoms with Gasteiger partial charge in [-0.2, -0.15) is 5.26 Å². The molecular formula is C35H36N4O4S. The minimum absolute atomic E-state index is 0.100. The Morgan fingerprint density at radius 2 is 1.75 bits per heavy atom. The molecule has 0 saturated carbocycles. The minimum atomic E-state index is -0.610. The molecule has 3 heterocycles. The molecule has 0 radical (unpaired) electrons. The SMILES string of the molecule is Cc1cc(C)c(C#N)c(Oc2ccccc2-c2ccsc2C(=O)N2CCN(C(=O)OC(C)(C)C)CC2Cc2ccccc2)n1. The smallest absolute Gasteiger partial charge is 0.410 e. The Balaban J connectivity index is 1.46. The summed E-state index contributed by atoms with van der Waals surface area (Å²) in [4.78, 5) is 36.0. The van der Waals surface area contributed by atoms with Crippen LogP contribution in [0.2, 0.25) is 0 Å². The van der Waals surface area contributed by atoms with Gasteiger partial charge in [-0.05, 0) is 75.7 Å². The molecule has 8 nitrogen and oxygen atoms in total. The zero-order valence-electron chi connectivity index (χ0n) is 25.7. The molecule has 2 amide bonds. The van der Waals surface area contributed by atoms with E-state index in [1.807, 2.05) is 112 Å². The summed E-state index contributed by atoms with van der Waals surface area (Å²) in [5.74, 6) is 0.642. The summed E-state index contributed by atoms with van der Waals surface area (Å²) in [6.07, 6.45) is 0.226. The number of benzene rings is 2. The highest BCUT2D eigenvalue weighted by molar-refractivity contribution is 7.12. The van der Waals surface area contributed by atoms with Gasteiger partial charge in [0.15, 0.2) is 0 Å². The van der Waals surface area contributed by atoms with Gasteiger partial charge in [0.05, 0.1) is 10.9 Å². The fourth-order valence-electron chi connectivity index (χ4n) is 5.39. The number of ether oxygens (including phenoxy) is 2. The van der Waals surface area contributed by atoms with Crippen LogP contribution < -0.4 is 4.74 Å². The summed E-state index contributed by atoms with van der Waals surface area (Å²) in [5, 5.41) is 11.7. The number of nitriles is 1. The van der Waals surface area contributed by atoms with E-state index in [9.17, 15) is 14.9 Å². The van der Waals surface area contributed by atoms with Crippen LogP contribution in [0.15, 0.2) is 72.1 Å². The number of aromatic nitrogens is 1. The lowest BCUT2D eigenvalue weighted by molar-refractivity contribution is 0.00449. The van der Waals surface area contributed by atoms with Gasteiger partial charge in [-0.3, -0.25) is 4.79 Å². The van der Waals surface area contributed by atoms with Crippen molar-refractivity contribution in [3.05, 3.63) is 99.4 Å². The first kappa shape index (κ1) is 30.8. The van der Waals surface area contributed by atoms with Gasteiger partial charge in [0.1, 0.15) is 23.0 Å². The van der Waals surface area contributed by atoms with Crippen molar-refractivity contribution in [2.75, 3.05) is 19.6 Å². The number of amides is 2. The van der Waals surface area contributed by atoms with Crippen LogP contribution in [0, 0.1) is 25.2 Å². The van der Waals surface area contributed by atoms with Crippen LogP contribution in [0.5, 0.6) is 11.6 Å². The lowest BCUT2D eigenvalue weighted by Crippen LogP contribution is -2.57. The number of para-hydroxylation sites is 1. The van der Waals surface area contributed by atoms with E-state index in [1.165, 1.54) is 11.3 Å². The van der Waals surface area contributed by atoms with Gasteiger partial charge in [0.25, 0.3) is 5.91 Å². The van der Waals surface area contributed by atoms with Crippen molar-refractivity contribution in [1.82, 2.24) is 14.8 Å². The molecule has 0 bridgehead atoms. The molecule has 2 aromatic heterocycles. The lowest BCUT2D eigenvalue weighted by atomic mass is 10.0. The van der Waals surface area contributed by atoms with E-state index in [4.69, 9.17) is 9.47 Å². The van der Waals surface area contributed by atoms with Gasteiger partial charge in [-0.1, -0.05) is 48.5 Å². The van der Waals surface area contributed by atoms with Gasteiger partial charge in [-0.25, -0.2) is 9.78 Å². The standard InChI is InChI=1S/C35H36N4O4S/c1-23-19-24(2)37-32(29(23)21-36)42-30-14-10-9-13-27(30)28-15-18-44-31(28)33(40)39-17-16-38(34(41)43-35(3,4)5)22-26(39)20-25-11-7-6-8-12-25/h6-15,18-19,26H,16-17,20,22H2,1-5H3. The number of carbonyl (C=O) groups is 2. The molecule has 1 atom stereocenters. The molecule has 226 valence electrons. The third-order valence-corrected chi connectivity index (χ3v) is 8.28. The van der Waals surface area contributed by atoms with Crippen LogP contribution >= 0.6 is 11.3 Å². The molecule has 1 aliphatic heterocycles. The maximum atomic E-state index is 14.3. The van der Waals surface area contributed by atoms with Crippen molar-refractivity contribution in [2.24, 2.45) is 0 Å². The lowest BCUT2D eigenvalue weighted by Gasteiger charge is -2.41. The van der Waals surface area contributed by atoms with E-state index >= 15 is 0 Å². The van der Waals surface area contributed by atoms with Crippen LogP contribution in [0.3, 0.4) is 0 Å². The quantitative estimate of drug-likeness (QED) is 0.226. The topological polar surface area (TPSA) is 95.8 Å². The molecule has 5 rings (SSSR count). The van der Waals surface area contributed by atoms with Gasteiger partial charge in [-0.15, -0.1) is 11.3 Å². The molecule has 2 aromatic carbocycles. The molecule has 1 unspecified atom stereocenters. The number of pyridine rings is 1. The normalized spacial score (nSPS) is 15.0. The Bertz CT molecular complexity index is 1700. The third kappa shape index (κ3) is 6.92. The summed E-state index contributed by atoms with van der Waals surface area (Å²) in [5.41, 5.74) is 3.85. The number of aryl methyl sites for hydroxylation is 2. The molecule has 9 heteroatoms. The molecule has 1 saturated heterocycles. The number of thiophene rings is 1. The first-order chi connectivity index (χ1) is 21.0. The van der Waals surface area contributed by atoms with Crippen LogP contribution in [0.1, 0.15) is 52.8 Å². The Morgan fingerprint density at radius 1 is 1.02 bits per heavy atom. The number of piperazine rings is 1. The second-order valence-corrected chi connectivity index (χ2v) is 12.8. The second-order valence-electron chi connectivity index (χ2n) is 11.9. The maximum absolute atomic E-state index is 14.3. The van der Waals surface area contributed by atoms with Crippen molar-refractivity contribution < 1.29 is 19.1 Å². The Labute approximate surface area is 262 Å². The van der Waals surface area contributed by atoms with E-state index in [0.717, 1.165) is 27.9 Å². The van der Waals surface area contributed by atoms with Crippen LogP contribution in [-0.2, 0) is 11.2 Å². The van der Waals surface area contributed by atoms with Crippen LogP contribution in [-0.4, -0.2) is 58.1 Å². The summed E-state index contributed by atoms with van der Waals surface area (Å²) in [6.45, 7) is 10.4. The van der Waals surface area contributed by atoms with E-state index < -0.39 is 5.60 Å². The predicted molar refractivity (Wildman–Crippen MR) is 171 cm³/mol. The average molecular weight is 609 g/mol. The average Bonchev–Trinajstić information content (AvgIpc) is 3.46. The van der Waals surface area contributed by atoms with Gasteiger partial charge in [0, 0.05) is 36.5 Å². The molecule has 0 spiro atoms. The molecule has 44 heavy (non-hydrogen) atoms. The van der Waals surface area contributed by atoms with Gasteiger partial charge in [0.2, 0.25) is 5.88 Å². The molecular weight excluding hydrogens is 572 g/mol. The van der Waals surface area contributed by atoms with E-state index in [0.29, 0.717) is 42.2 Å². The molecule has 1 aliphatic rings. The largest absolute Gasteiger partial charge is 0.444 e. The van der Waals surface area contributed by atoms with Crippen molar-refractivity contribution in [3.63, 3.8) is 0 Å². The second kappa shape index (κ2) is 12.9. The van der Waals surface area contributed by atoms with Crippen molar-refractivity contribution >= 4 is 23.3 Å².